The van der Waals surface area contributed by atoms with Crippen molar-refractivity contribution in [3.8, 4) is 11.5 Å². The zero-order chi connectivity index (χ0) is 26.7. The number of aromatic nitrogens is 1. The molecule has 37 heavy (non-hydrogen) atoms. The average molecular weight is 512 g/mol. The summed E-state index contributed by atoms with van der Waals surface area (Å²) in [6, 6.07) is 13.1. The van der Waals surface area contributed by atoms with Crippen LogP contribution in [0.2, 0.25) is 0 Å². The topological polar surface area (TPSA) is 89.0 Å². The van der Waals surface area contributed by atoms with E-state index in [1.165, 1.54) is 24.5 Å². The van der Waals surface area contributed by atoms with Crippen LogP contribution in [-0.4, -0.2) is 34.8 Å². The van der Waals surface area contributed by atoms with Crippen LogP contribution in [-0.2, 0) is 9.59 Å². The van der Waals surface area contributed by atoms with Crippen molar-refractivity contribution in [3.05, 3.63) is 89.8 Å². The van der Waals surface area contributed by atoms with Gasteiger partial charge in [0.1, 0.15) is 17.3 Å². The number of nitrogens with zero attached hydrogens (tertiary/aromatic N) is 2. The van der Waals surface area contributed by atoms with Gasteiger partial charge in [0.2, 0.25) is 0 Å². The molecule has 7 nitrogen and oxygen atoms in total. The molecule has 1 aliphatic rings. The summed E-state index contributed by atoms with van der Waals surface area (Å²) in [4.78, 5) is 31.5. The highest BCUT2D eigenvalue weighted by Gasteiger charge is 2.47. The van der Waals surface area contributed by atoms with Crippen LogP contribution in [0.25, 0.3) is 5.76 Å². The molecule has 1 N–H and O–H groups in total. The van der Waals surface area contributed by atoms with Crippen molar-refractivity contribution in [2.75, 3.05) is 11.5 Å². The summed E-state index contributed by atoms with van der Waals surface area (Å²) in [5.41, 5.74) is 0.680. The summed E-state index contributed by atoms with van der Waals surface area (Å²) >= 11 is 0. The van der Waals surface area contributed by atoms with Gasteiger partial charge < -0.3 is 14.6 Å². The molecular weight excluding hydrogens is 489 g/mol. The molecule has 1 aromatic heterocycles. The number of ketones is 1. The van der Waals surface area contributed by atoms with Gasteiger partial charge in [-0.3, -0.25) is 19.5 Å². The second-order valence-corrected chi connectivity index (χ2v) is 8.73. The Morgan fingerprint density at radius 3 is 2.24 bits per heavy atom. The van der Waals surface area contributed by atoms with Gasteiger partial charge in [0.05, 0.1) is 18.2 Å². The molecule has 4 rings (SSSR count). The Morgan fingerprint density at radius 1 is 1.03 bits per heavy atom. The average Bonchev–Trinajstić information content (AvgIpc) is 3.13. The molecule has 1 aliphatic heterocycles. The number of hydrogen-bond donors (Lipinski definition) is 1. The fraction of sp³-hybridized carbons (Fsp3) is 0.222. The van der Waals surface area contributed by atoms with Gasteiger partial charge in [-0.05, 0) is 66.1 Å². The predicted molar refractivity (Wildman–Crippen MR) is 129 cm³/mol. The number of aliphatic hydroxyl groups excluding tert-OH is 1. The molecule has 10 heteroatoms. The smallest absolute Gasteiger partial charge is 0.507 e. The Morgan fingerprint density at radius 2 is 1.68 bits per heavy atom. The fourth-order valence-electron chi connectivity index (χ4n) is 3.89. The van der Waals surface area contributed by atoms with Crippen LogP contribution in [0.15, 0.2) is 78.6 Å². The Bertz CT molecular complexity index is 1300. The second kappa shape index (κ2) is 10.3. The van der Waals surface area contributed by atoms with E-state index in [4.69, 9.17) is 4.74 Å². The molecule has 1 saturated heterocycles. The quantitative estimate of drug-likeness (QED) is 0.250. The molecule has 1 unspecified atom stereocenters. The van der Waals surface area contributed by atoms with Gasteiger partial charge in [-0.1, -0.05) is 19.9 Å². The van der Waals surface area contributed by atoms with E-state index in [0.717, 1.165) is 17.0 Å². The zero-order valence-electron chi connectivity index (χ0n) is 19.9. The van der Waals surface area contributed by atoms with Crippen LogP contribution in [0, 0.1) is 5.92 Å². The largest absolute Gasteiger partial charge is 0.573 e. The minimum Gasteiger partial charge on any atom is -0.507 e. The van der Waals surface area contributed by atoms with Crippen LogP contribution >= 0.6 is 0 Å². The van der Waals surface area contributed by atoms with Gasteiger partial charge in [-0.15, -0.1) is 13.2 Å². The lowest BCUT2D eigenvalue weighted by atomic mass is 9.96. The first-order chi connectivity index (χ1) is 17.5. The van der Waals surface area contributed by atoms with Crippen molar-refractivity contribution in [1.29, 1.82) is 0 Å². The van der Waals surface area contributed by atoms with Crippen molar-refractivity contribution in [3.63, 3.8) is 0 Å². The molecule has 192 valence electrons. The Balaban J connectivity index is 1.75. The van der Waals surface area contributed by atoms with Crippen molar-refractivity contribution >= 4 is 23.1 Å². The first-order valence-electron chi connectivity index (χ1n) is 11.3. The highest BCUT2D eigenvalue weighted by molar-refractivity contribution is 6.51. The van der Waals surface area contributed by atoms with Gasteiger partial charge in [-0.25, -0.2) is 0 Å². The van der Waals surface area contributed by atoms with Gasteiger partial charge in [0.25, 0.3) is 11.7 Å². The van der Waals surface area contributed by atoms with Gasteiger partial charge in [-0.2, -0.15) is 0 Å². The highest BCUT2D eigenvalue weighted by atomic mass is 19.4. The van der Waals surface area contributed by atoms with Crippen LogP contribution in [0.4, 0.5) is 18.9 Å². The summed E-state index contributed by atoms with van der Waals surface area (Å²) in [5, 5.41) is 11.2. The number of anilines is 1. The van der Waals surface area contributed by atoms with Gasteiger partial charge >= 0.3 is 6.36 Å². The number of hydrogen-bond acceptors (Lipinski definition) is 6. The lowest BCUT2D eigenvalue weighted by Crippen LogP contribution is -2.29. The molecule has 0 saturated carbocycles. The third-order valence-corrected chi connectivity index (χ3v) is 5.50. The molecule has 2 heterocycles. The molecule has 3 aromatic rings. The Hall–Kier alpha value is -4.34. The lowest BCUT2D eigenvalue weighted by molar-refractivity contribution is -0.274. The van der Waals surface area contributed by atoms with Gasteiger partial charge in [0, 0.05) is 23.6 Å². The maximum Gasteiger partial charge on any atom is 0.573 e. The van der Waals surface area contributed by atoms with Crippen LogP contribution in [0.3, 0.4) is 0 Å². The van der Waals surface area contributed by atoms with Crippen LogP contribution in [0.1, 0.15) is 31.0 Å². The summed E-state index contributed by atoms with van der Waals surface area (Å²) < 4.78 is 47.2. The molecule has 0 spiro atoms. The standard InChI is InChI=1S/C27H23F3N2O5/c1-16(2)15-36-20-9-5-17(6-10-20)24(33)22-23(18-4-3-13-31-14-18)32(26(35)25(22)34)19-7-11-21(12-8-19)37-27(28,29)30/h3-14,16,23,33H,15H2,1-2H3/b24-22-. The fourth-order valence-corrected chi connectivity index (χ4v) is 3.89. The summed E-state index contributed by atoms with van der Waals surface area (Å²) in [6.07, 6.45) is -1.92. The molecule has 0 bridgehead atoms. The first-order valence-corrected chi connectivity index (χ1v) is 11.3. The number of Topliss-reactive ketones (excluding diaryl/α,β-unsaturated/α-hetero) is 1. The minimum absolute atomic E-state index is 0.141. The van der Waals surface area contributed by atoms with Crippen molar-refractivity contribution in [2.45, 2.75) is 26.3 Å². The summed E-state index contributed by atoms with van der Waals surface area (Å²) in [7, 11) is 0. The minimum atomic E-state index is -4.88. The lowest BCUT2D eigenvalue weighted by Gasteiger charge is -2.25. The monoisotopic (exact) mass is 512 g/mol. The van der Waals surface area contributed by atoms with E-state index in [0.29, 0.717) is 23.8 Å². The van der Waals surface area contributed by atoms with Gasteiger partial charge in [0.15, 0.2) is 0 Å². The first kappa shape index (κ1) is 25.7. The predicted octanol–water partition coefficient (Wildman–Crippen LogP) is 5.64. The maximum absolute atomic E-state index is 13.2. The number of alkyl halides is 3. The molecule has 1 atom stereocenters. The van der Waals surface area contributed by atoms with E-state index in [9.17, 15) is 27.9 Å². The number of rotatable bonds is 7. The Labute approximate surface area is 210 Å². The molecule has 0 radical (unpaired) electrons. The third-order valence-electron chi connectivity index (χ3n) is 5.50. The van der Waals surface area contributed by atoms with Crippen molar-refractivity contribution < 1.29 is 37.3 Å². The normalized spacial score (nSPS) is 17.4. The Kier molecular flexibility index (Phi) is 7.19. The number of ether oxygens (including phenoxy) is 2. The van der Waals surface area contributed by atoms with Crippen LogP contribution in [0.5, 0.6) is 11.5 Å². The van der Waals surface area contributed by atoms with E-state index >= 15 is 0 Å². The van der Waals surface area contributed by atoms with E-state index in [2.05, 4.69) is 9.72 Å². The van der Waals surface area contributed by atoms with Crippen LogP contribution < -0.4 is 14.4 Å². The number of pyridine rings is 1. The number of carbonyl (C=O) groups excluding carboxylic acids is 2. The number of aliphatic hydroxyl groups is 1. The van der Waals surface area contributed by atoms with E-state index in [1.54, 1.807) is 36.4 Å². The van der Waals surface area contributed by atoms with Crippen molar-refractivity contribution in [2.24, 2.45) is 5.92 Å². The molecule has 2 aromatic carbocycles. The summed E-state index contributed by atoms with van der Waals surface area (Å²) in [5.74, 6) is -1.88. The molecular formula is C27H23F3N2O5. The third kappa shape index (κ3) is 5.74. The SMILES string of the molecule is CC(C)COc1ccc(/C(O)=C2/C(=O)C(=O)N(c3ccc(OC(F)(F)F)cc3)C2c2cccnc2)cc1. The zero-order valence-corrected chi connectivity index (χ0v) is 19.9. The number of halogens is 3. The second-order valence-electron chi connectivity index (χ2n) is 8.73. The molecule has 1 amide bonds. The highest BCUT2D eigenvalue weighted by Crippen LogP contribution is 2.42. The van der Waals surface area contributed by atoms with E-state index in [1.807, 2.05) is 13.8 Å². The maximum atomic E-state index is 13.2. The molecule has 1 fully saturated rings. The number of benzene rings is 2. The molecule has 0 aliphatic carbocycles. The van der Waals surface area contributed by atoms with E-state index < -0.39 is 35.6 Å². The summed E-state index contributed by atoms with van der Waals surface area (Å²) in [6.45, 7) is 4.52. The van der Waals surface area contributed by atoms with E-state index in [-0.39, 0.29) is 16.8 Å². The number of amides is 1. The number of carbonyl (C=O) groups is 2. The van der Waals surface area contributed by atoms with Crippen molar-refractivity contribution in [1.82, 2.24) is 4.98 Å².